The molecule has 1 atom stereocenters. The molecule has 7 nitrogen and oxygen atoms in total. The highest BCUT2D eigenvalue weighted by Crippen LogP contribution is 2.37. The Morgan fingerprint density at radius 2 is 1.63 bits per heavy atom. The van der Waals surface area contributed by atoms with Crippen molar-refractivity contribution < 1.29 is 33.6 Å². The molecule has 2 aromatic rings. The standard InChI is InChI=1S/C16H14O5.C4H10O2/c1-19-12-4-2-10(3-5-12)16(18)13-7-15-14(20-9-21-15)6-11(13)8-17;1-4(5-2)6-3/h2-8,16,18H,9H2,1H3;4H,1-3H3. The number of rotatable bonds is 6. The van der Waals surface area contributed by atoms with Crippen molar-refractivity contribution >= 4 is 6.29 Å². The number of ether oxygens (including phenoxy) is 5. The quantitative estimate of drug-likeness (QED) is 0.613. The number of carbonyl (C=O) groups is 1. The lowest BCUT2D eigenvalue weighted by Gasteiger charge is -2.14. The molecule has 0 spiro atoms. The van der Waals surface area contributed by atoms with E-state index in [2.05, 4.69) is 9.47 Å². The van der Waals surface area contributed by atoms with Crippen molar-refractivity contribution in [3.05, 3.63) is 53.1 Å². The van der Waals surface area contributed by atoms with E-state index in [1.165, 1.54) is 0 Å². The van der Waals surface area contributed by atoms with Crippen LogP contribution in [-0.2, 0) is 9.47 Å². The topological polar surface area (TPSA) is 83.5 Å². The zero-order valence-corrected chi connectivity index (χ0v) is 15.8. The van der Waals surface area contributed by atoms with Crippen LogP contribution in [0.2, 0.25) is 0 Å². The molecule has 1 aliphatic rings. The molecule has 0 fully saturated rings. The molecule has 7 heteroatoms. The lowest BCUT2D eigenvalue weighted by atomic mass is 9.96. The summed E-state index contributed by atoms with van der Waals surface area (Å²) in [5.74, 6) is 1.75. The molecular formula is C20H24O7. The Hall–Kier alpha value is -2.61. The molecule has 0 radical (unpaired) electrons. The smallest absolute Gasteiger partial charge is 0.231 e. The van der Waals surface area contributed by atoms with Gasteiger partial charge in [0.2, 0.25) is 6.79 Å². The summed E-state index contributed by atoms with van der Waals surface area (Å²) in [7, 11) is 4.79. The van der Waals surface area contributed by atoms with Crippen molar-refractivity contribution in [2.75, 3.05) is 28.1 Å². The van der Waals surface area contributed by atoms with E-state index in [9.17, 15) is 9.90 Å². The maximum absolute atomic E-state index is 11.2. The van der Waals surface area contributed by atoms with Gasteiger partial charge in [-0.1, -0.05) is 12.1 Å². The second-order valence-electron chi connectivity index (χ2n) is 5.67. The van der Waals surface area contributed by atoms with E-state index in [1.54, 1.807) is 57.7 Å². The van der Waals surface area contributed by atoms with Gasteiger partial charge in [0.05, 0.1) is 7.11 Å². The first-order chi connectivity index (χ1) is 13.0. The van der Waals surface area contributed by atoms with Crippen LogP contribution < -0.4 is 14.2 Å². The largest absolute Gasteiger partial charge is 0.497 e. The highest BCUT2D eigenvalue weighted by Gasteiger charge is 2.21. The van der Waals surface area contributed by atoms with Gasteiger partial charge in [0.1, 0.15) is 11.9 Å². The average Bonchev–Trinajstić information content (AvgIpc) is 3.19. The maximum Gasteiger partial charge on any atom is 0.231 e. The summed E-state index contributed by atoms with van der Waals surface area (Å²) < 4.78 is 25.0. The Kier molecular flexibility index (Phi) is 7.60. The van der Waals surface area contributed by atoms with Crippen LogP contribution >= 0.6 is 0 Å². The molecule has 146 valence electrons. The molecule has 1 N–H and O–H groups in total. The van der Waals surface area contributed by atoms with Crippen LogP contribution in [0.25, 0.3) is 0 Å². The number of methoxy groups -OCH3 is 3. The number of hydrogen-bond donors (Lipinski definition) is 1. The number of aliphatic hydroxyl groups excluding tert-OH is 1. The van der Waals surface area contributed by atoms with Crippen molar-refractivity contribution in [3.8, 4) is 17.2 Å². The summed E-state index contributed by atoms with van der Waals surface area (Å²) in [6, 6.07) is 10.2. The third-order valence-electron chi connectivity index (χ3n) is 4.10. The highest BCUT2D eigenvalue weighted by molar-refractivity contribution is 5.80. The average molecular weight is 376 g/mol. The van der Waals surface area contributed by atoms with Crippen LogP contribution in [0.5, 0.6) is 17.2 Å². The molecule has 2 aromatic carbocycles. The van der Waals surface area contributed by atoms with Crippen LogP contribution in [0.1, 0.15) is 34.5 Å². The number of fused-ring (bicyclic) bond motifs is 1. The van der Waals surface area contributed by atoms with Gasteiger partial charge in [-0.15, -0.1) is 0 Å². The van der Waals surface area contributed by atoms with Gasteiger partial charge in [-0.05, 0) is 42.3 Å². The fraction of sp³-hybridized carbons (Fsp3) is 0.350. The summed E-state index contributed by atoms with van der Waals surface area (Å²) in [6.45, 7) is 1.95. The first kappa shape index (κ1) is 20.7. The third kappa shape index (κ3) is 5.19. The summed E-state index contributed by atoms with van der Waals surface area (Å²) >= 11 is 0. The molecule has 0 saturated heterocycles. The van der Waals surface area contributed by atoms with Gasteiger partial charge >= 0.3 is 0 Å². The van der Waals surface area contributed by atoms with Crippen molar-refractivity contribution in [1.29, 1.82) is 0 Å². The summed E-state index contributed by atoms with van der Waals surface area (Å²) in [5.41, 5.74) is 1.53. The number of hydrogen-bond acceptors (Lipinski definition) is 7. The van der Waals surface area contributed by atoms with Gasteiger partial charge in [0.15, 0.2) is 24.1 Å². The van der Waals surface area contributed by atoms with E-state index in [-0.39, 0.29) is 13.1 Å². The molecule has 0 aliphatic carbocycles. The summed E-state index contributed by atoms with van der Waals surface area (Å²) in [6.07, 6.45) is -0.292. The Balaban J connectivity index is 0.000000380. The van der Waals surface area contributed by atoms with Crippen molar-refractivity contribution in [3.63, 3.8) is 0 Å². The van der Waals surface area contributed by atoms with Crippen LogP contribution in [0, 0.1) is 0 Å². The zero-order valence-electron chi connectivity index (χ0n) is 15.8. The Morgan fingerprint density at radius 3 is 2.11 bits per heavy atom. The second kappa shape index (κ2) is 9.91. The first-order valence-electron chi connectivity index (χ1n) is 8.30. The minimum atomic E-state index is -0.925. The van der Waals surface area contributed by atoms with E-state index in [4.69, 9.17) is 14.2 Å². The predicted molar refractivity (Wildman–Crippen MR) is 98.5 cm³/mol. The van der Waals surface area contributed by atoms with Crippen LogP contribution in [0.4, 0.5) is 0 Å². The lowest BCUT2D eigenvalue weighted by molar-refractivity contribution is -0.0877. The number of benzene rings is 2. The van der Waals surface area contributed by atoms with E-state index < -0.39 is 6.10 Å². The molecule has 1 unspecified atom stereocenters. The maximum atomic E-state index is 11.2. The molecular weight excluding hydrogens is 352 g/mol. The predicted octanol–water partition coefficient (Wildman–Crippen LogP) is 2.94. The summed E-state index contributed by atoms with van der Waals surface area (Å²) in [5, 5.41) is 10.5. The zero-order chi connectivity index (χ0) is 19.8. The fourth-order valence-electron chi connectivity index (χ4n) is 2.37. The molecule has 27 heavy (non-hydrogen) atoms. The van der Waals surface area contributed by atoms with Crippen molar-refractivity contribution in [1.82, 2.24) is 0 Å². The minimum absolute atomic E-state index is 0.0648. The van der Waals surface area contributed by atoms with E-state index in [0.29, 0.717) is 40.2 Å². The van der Waals surface area contributed by atoms with Gasteiger partial charge in [-0.3, -0.25) is 4.79 Å². The molecule has 0 aromatic heterocycles. The Morgan fingerprint density at radius 1 is 1.04 bits per heavy atom. The molecule has 0 amide bonds. The molecule has 0 bridgehead atoms. The van der Waals surface area contributed by atoms with Crippen LogP contribution in [0.3, 0.4) is 0 Å². The Labute approximate surface area is 158 Å². The first-order valence-corrected chi connectivity index (χ1v) is 8.30. The van der Waals surface area contributed by atoms with Crippen LogP contribution in [-0.4, -0.2) is 45.8 Å². The number of carbonyl (C=O) groups excluding carboxylic acids is 1. The number of aldehydes is 1. The van der Waals surface area contributed by atoms with Gasteiger partial charge in [-0.25, -0.2) is 0 Å². The van der Waals surface area contributed by atoms with Crippen molar-refractivity contribution in [2.45, 2.75) is 19.3 Å². The van der Waals surface area contributed by atoms with Gasteiger partial charge < -0.3 is 28.8 Å². The fourth-order valence-corrected chi connectivity index (χ4v) is 2.37. The van der Waals surface area contributed by atoms with Gasteiger partial charge in [0.25, 0.3) is 0 Å². The monoisotopic (exact) mass is 376 g/mol. The van der Waals surface area contributed by atoms with E-state index >= 15 is 0 Å². The normalized spacial score (nSPS) is 13.0. The number of aliphatic hydroxyl groups is 1. The highest BCUT2D eigenvalue weighted by atomic mass is 16.7. The SMILES string of the molecule is COC(C)OC.COc1ccc(C(O)c2cc3c(cc2C=O)OCO3)cc1. The van der Waals surface area contributed by atoms with E-state index in [1.807, 2.05) is 6.92 Å². The van der Waals surface area contributed by atoms with E-state index in [0.717, 1.165) is 0 Å². The molecule has 0 saturated carbocycles. The van der Waals surface area contributed by atoms with Crippen LogP contribution in [0.15, 0.2) is 36.4 Å². The second-order valence-corrected chi connectivity index (χ2v) is 5.67. The van der Waals surface area contributed by atoms with Gasteiger partial charge in [0, 0.05) is 19.8 Å². The Bertz CT molecular complexity index is 739. The van der Waals surface area contributed by atoms with Gasteiger partial charge in [-0.2, -0.15) is 0 Å². The van der Waals surface area contributed by atoms with Crippen molar-refractivity contribution in [2.24, 2.45) is 0 Å². The molecule has 3 rings (SSSR count). The lowest BCUT2D eigenvalue weighted by Crippen LogP contribution is -2.05. The molecule has 1 heterocycles. The summed E-state index contributed by atoms with van der Waals surface area (Å²) in [4.78, 5) is 11.2. The molecule has 1 aliphatic heterocycles. The third-order valence-corrected chi connectivity index (χ3v) is 4.10. The minimum Gasteiger partial charge on any atom is -0.497 e.